The number of fused-ring (bicyclic) bond motifs is 1. The zero-order chi connectivity index (χ0) is 11.0. The van der Waals surface area contributed by atoms with Crippen molar-refractivity contribution in [3.8, 4) is 0 Å². The molecule has 15 heavy (non-hydrogen) atoms. The van der Waals surface area contributed by atoms with E-state index in [2.05, 4.69) is 15.9 Å². The molecule has 1 aliphatic rings. The highest BCUT2D eigenvalue weighted by atomic mass is 79.9. The van der Waals surface area contributed by atoms with Crippen molar-refractivity contribution >= 4 is 33.5 Å². The molecule has 0 fully saturated rings. The smallest absolute Gasteiger partial charge is 0.411 e. The van der Waals surface area contributed by atoms with E-state index in [1.165, 1.54) is 4.90 Å². The van der Waals surface area contributed by atoms with Gasteiger partial charge in [-0.25, -0.2) is 4.79 Å². The number of halogens is 1. The quantitative estimate of drug-likeness (QED) is 0.788. The van der Waals surface area contributed by atoms with Crippen molar-refractivity contribution in [1.29, 1.82) is 0 Å². The predicted octanol–water partition coefficient (Wildman–Crippen LogP) is 2.52. The minimum atomic E-state index is -1.03. The maximum absolute atomic E-state index is 11.5. The van der Waals surface area contributed by atoms with Crippen LogP contribution in [0.25, 0.3) is 0 Å². The molecule has 0 unspecified atom stereocenters. The van der Waals surface area contributed by atoms with Crippen LogP contribution in [0.2, 0.25) is 0 Å². The first-order valence-corrected chi connectivity index (χ1v) is 5.22. The third-order valence-corrected chi connectivity index (χ3v) is 2.84. The number of anilines is 1. The summed E-state index contributed by atoms with van der Waals surface area (Å²) in [5.74, 6) is -0.00463. The van der Waals surface area contributed by atoms with Gasteiger partial charge in [0.1, 0.15) is 0 Å². The number of hydrogen-bond donors (Lipinski definition) is 1. The molecule has 0 spiro atoms. The number of carboxylic acid groups (broad SMARTS) is 1. The average molecular weight is 270 g/mol. The zero-order valence-corrected chi connectivity index (χ0v) is 9.32. The molecule has 1 aliphatic heterocycles. The Bertz CT molecular complexity index is 444. The Morgan fingerprint density at radius 1 is 1.47 bits per heavy atom. The van der Waals surface area contributed by atoms with Gasteiger partial charge in [-0.2, -0.15) is 0 Å². The summed E-state index contributed by atoms with van der Waals surface area (Å²) < 4.78 is 0.766. The van der Waals surface area contributed by atoms with Crippen LogP contribution in [0.5, 0.6) is 0 Å². The van der Waals surface area contributed by atoms with Gasteiger partial charge in [-0.1, -0.05) is 15.9 Å². The van der Waals surface area contributed by atoms with Gasteiger partial charge in [-0.15, -0.1) is 0 Å². The second-order valence-electron chi connectivity index (χ2n) is 3.27. The molecule has 1 heterocycles. The van der Waals surface area contributed by atoms with E-state index in [4.69, 9.17) is 5.11 Å². The van der Waals surface area contributed by atoms with E-state index in [1.54, 1.807) is 18.2 Å². The Morgan fingerprint density at radius 2 is 2.20 bits per heavy atom. The van der Waals surface area contributed by atoms with Crippen LogP contribution in [-0.4, -0.2) is 23.5 Å². The van der Waals surface area contributed by atoms with E-state index in [1.807, 2.05) is 0 Å². The largest absolute Gasteiger partial charge is 0.465 e. The van der Waals surface area contributed by atoms with E-state index < -0.39 is 6.09 Å². The van der Waals surface area contributed by atoms with Crippen molar-refractivity contribution in [2.24, 2.45) is 0 Å². The summed E-state index contributed by atoms with van der Waals surface area (Å²) in [6.07, 6.45) is -0.775. The number of carbonyl (C=O) groups is 2. The van der Waals surface area contributed by atoms with E-state index in [0.717, 1.165) is 4.47 Å². The fourth-order valence-corrected chi connectivity index (χ4v) is 1.98. The third-order valence-electron chi connectivity index (χ3n) is 2.34. The lowest BCUT2D eigenvalue weighted by atomic mass is 10.0. The molecule has 1 aromatic carbocycles. The molecule has 0 saturated carbocycles. The molecule has 0 aliphatic carbocycles. The second kappa shape index (κ2) is 3.66. The Kier molecular flexibility index (Phi) is 2.48. The van der Waals surface area contributed by atoms with Crippen molar-refractivity contribution in [2.75, 3.05) is 11.4 Å². The van der Waals surface area contributed by atoms with Gasteiger partial charge in [0.2, 0.25) is 0 Å². The van der Waals surface area contributed by atoms with Crippen LogP contribution in [0.3, 0.4) is 0 Å². The van der Waals surface area contributed by atoms with Gasteiger partial charge >= 0.3 is 6.09 Å². The van der Waals surface area contributed by atoms with Gasteiger partial charge in [0.25, 0.3) is 0 Å². The molecule has 0 radical (unpaired) electrons. The molecule has 0 saturated heterocycles. The molecule has 2 rings (SSSR count). The van der Waals surface area contributed by atoms with Gasteiger partial charge in [0.05, 0.1) is 5.69 Å². The first kappa shape index (κ1) is 10.2. The van der Waals surface area contributed by atoms with E-state index in [9.17, 15) is 9.59 Å². The maximum Gasteiger partial charge on any atom is 0.411 e. The standard InChI is InChI=1S/C10H8BrNO3/c11-6-1-2-7-8(5-6)12(10(14)15)4-3-9(7)13/h1-2,5H,3-4H2,(H,14,15). The number of hydrogen-bond acceptors (Lipinski definition) is 2. The molecule has 0 bridgehead atoms. The second-order valence-corrected chi connectivity index (χ2v) is 4.18. The van der Waals surface area contributed by atoms with Crippen LogP contribution in [0.4, 0.5) is 10.5 Å². The molecule has 1 N–H and O–H groups in total. The van der Waals surface area contributed by atoms with Gasteiger partial charge in [-0.05, 0) is 18.2 Å². The Hall–Kier alpha value is -1.36. The van der Waals surface area contributed by atoms with Gasteiger partial charge in [0, 0.05) is 23.0 Å². The summed E-state index contributed by atoms with van der Waals surface area (Å²) in [4.78, 5) is 23.7. The molecule has 1 aromatic rings. The lowest BCUT2D eigenvalue weighted by molar-refractivity contribution is 0.0980. The average Bonchev–Trinajstić information content (AvgIpc) is 2.17. The van der Waals surface area contributed by atoms with Crippen LogP contribution in [0.15, 0.2) is 22.7 Å². The Morgan fingerprint density at radius 3 is 2.87 bits per heavy atom. The number of Topliss-reactive ketones (excluding diaryl/α,β-unsaturated/α-hetero) is 1. The van der Waals surface area contributed by atoms with Crippen molar-refractivity contribution in [1.82, 2.24) is 0 Å². The van der Waals surface area contributed by atoms with Crippen LogP contribution < -0.4 is 4.90 Å². The molecule has 5 heteroatoms. The highest BCUT2D eigenvalue weighted by Crippen LogP contribution is 2.29. The van der Waals surface area contributed by atoms with Crippen molar-refractivity contribution in [3.05, 3.63) is 28.2 Å². The fraction of sp³-hybridized carbons (Fsp3) is 0.200. The number of benzene rings is 1. The van der Waals surface area contributed by atoms with Gasteiger partial charge < -0.3 is 5.11 Å². The SMILES string of the molecule is O=C1CCN(C(=O)O)c2cc(Br)ccc21. The number of rotatable bonds is 0. The third kappa shape index (κ3) is 1.74. The normalized spacial score (nSPS) is 15.0. The van der Waals surface area contributed by atoms with Crippen LogP contribution in [0.1, 0.15) is 16.8 Å². The van der Waals surface area contributed by atoms with Crippen molar-refractivity contribution in [3.63, 3.8) is 0 Å². The molecular formula is C10H8BrNO3. The summed E-state index contributed by atoms with van der Waals surface area (Å²) in [5, 5.41) is 8.96. The molecule has 4 nitrogen and oxygen atoms in total. The Balaban J connectivity index is 2.56. The number of amides is 1. The van der Waals surface area contributed by atoms with E-state index >= 15 is 0 Å². The minimum absolute atomic E-state index is 0.00463. The van der Waals surface area contributed by atoms with Crippen LogP contribution >= 0.6 is 15.9 Å². The fourth-order valence-electron chi connectivity index (χ4n) is 1.63. The van der Waals surface area contributed by atoms with Crippen LogP contribution in [-0.2, 0) is 0 Å². The summed E-state index contributed by atoms with van der Waals surface area (Å²) in [6, 6.07) is 5.04. The molecule has 1 amide bonds. The summed E-state index contributed by atoms with van der Waals surface area (Å²) in [7, 11) is 0. The minimum Gasteiger partial charge on any atom is -0.465 e. The van der Waals surface area contributed by atoms with E-state index in [-0.39, 0.29) is 18.7 Å². The van der Waals surface area contributed by atoms with E-state index in [0.29, 0.717) is 11.3 Å². The first-order valence-electron chi connectivity index (χ1n) is 4.43. The summed E-state index contributed by atoms with van der Waals surface area (Å²) >= 11 is 3.26. The Labute approximate surface area is 94.6 Å². The molecule has 78 valence electrons. The van der Waals surface area contributed by atoms with Gasteiger partial charge in [-0.3, -0.25) is 9.69 Å². The monoisotopic (exact) mass is 269 g/mol. The molecule has 0 atom stereocenters. The lowest BCUT2D eigenvalue weighted by Gasteiger charge is -2.26. The number of nitrogens with zero attached hydrogens (tertiary/aromatic N) is 1. The first-order chi connectivity index (χ1) is 7.09. The summed E-state index contributed by atoms with van der Waals surface area (Å²) in [6.45, 7) is 0.234. The number of carbonyl (C=O) groups excluding carboxylic acids is 1. The predicted molar refractivity (Wildman–Crippen MR) is 58.5 cm³/mol. The topological polar surface area (TPSA) is 57.6 Å². The maximum atomic E-state index is 11.5. The molecular weight excluding hydrogens is 262 g/mol. The number of ketones is 1. The van der Waals surface area contributed by atoms with Crippen molar-refractivity contribution < 1.29 is 14.7 Å². The highest BCUT2D eigenvalue weighted by molar-refractivity contribution is 9.10. The van der Waals surface area contributed by atoms with Gasteiger partial charge in [0.15, 0.2) is 5.78 Å². The summed E-state index contributed by atoms with van der Waals surface area (Å²) in [5.41, 5.74) is 0.944. The lowest BCUT2D eigenvalue weighted by Crippen LogP contribution is -2.36. The van der Waals surface area contributed by atoms with Crippen LogP contribution in [0, 0.1) is 0 Å². The molecule has 0 aromatic heterocycles. The zero-order valence-electron chi connectivity index (χ0n) is 7.74. The van der Waals surface area contributed by atoms with Crippen molar-refractivity contribution in [2.45, 2.75) is 6.42 Å². The highest BCUT2D eigenvalue weighted by Gasteiger charge is 2.26.